The Morgan fingerprint density at radius 1 is 1.22 bits per heavy atom. The van der Waals surface area contributed by atoms with Crippen molar-refractivity contribution < 1.29 is 14.9 Å². The van der Waals surface area contributed by atoms with E-state index >= 15 is 0 Å². The highest BCUT2D eigenvalue weighted by Crippen LogP contribution is 2.62. The Hall–Kier alpha value is -0.900. The first kappa shape index (κ1) is 15.6. The average molecular weight is 316 g/mol. The Labute approximate surface area is 138 Å². The molecule has 0 spiro atoms. The van der Waals surface area contributed by atoms with Gasteiger partial charge in [0, 0.05) is 24.4 Å². The summed E-state index contributed by atoms with van der Waals surface area (Å²) in [6.07, 6.45) is 14.2. The lowest BCUT2D eigenvalue weighted by atomic mass is 9.49. The van der Waals surface area contributed by atoms with Crippen LogP contribution in [0.15, 0.2) is 36.0 Å². The molecule has 2 N–H and O–H groups in total. The largest absolute Gasteiger partial charge is 0.388 e. The molecule has 0 aromatic carbocycles. The minimum absolute atomic E-state index is 0.00845. The molecule has 7 atom stereocenters. The number of ether oxygens (including phenoxy) is 1. The summed E-state index contributed by atoms with van der Waals surface area (Å²) in [6, 6.07) is 0. The highest BCUT2D eigenvalue weighted by atomic mass is 16.6. The van der Waals surface area contributed by atoms with E-state index in [9.17, 15) is 10.2 Å². The van der Waals surface area contributed by atoms with Crippen molar-refractivity contribution in [2.45, 2.75) is 51.4 Å². The van der Waals surface area contributed by atoms with Gasteiger partial charge >= 0.3 is 0 Å². The summed E-state index contributed by atoms with van der Waals surface area (Å²) in [6.45, 7) is 4.57. The maximum absolute atomic E-state index is 10.5. The van der Waals surface area contributed by atoms with E-state index < -0.39 is 5.79 Å². The predicted octanol–water partition coefficient (Wildman–Crippen LogP) is 3.20. The third-order valence-corrected chi connectivity index (χ3v) is 7.50. The quantitative estimate of drug-likeness (QED) is 0.577. The molecule has 3 heteroatoms. The summed E-state index contributed by atoms with van der Waals surface area (Å²) in [4.78, 5) is 0. The zero-order valence-electron chi connectivity index (χ0n) is 14.3. The van der Waals surface area contributed by atoms with Gasteiger partial charge < -0.3 is 14.9 Å². The smallest absolute Gasteiger partial charge is 0.188 e. The predicted molar refractivity (Wildman–Crippen MR) is 89.5 cm³/mol. The van der Waals surface area contributed by atoms with Crippen LogP contribution in [0.4, 0.5) is 0 Å². The lowest BCUT2D eigenvalue weighted by Crippen LogP contribution is -2.51. The van der Waals surface area contributed by atoms with Gasteiger partial charge in [0.2, 0.25) is 0 Å². The minimum Gasteiger partial charge on any atom is -0.388 e. The molecule has 4 aliphatic carbocycles. The number of fused-ring (bicyclic) bond motifs is 5. The van der Waals surface area contributed by atoms with Crippen LogP contribution in [0.25, 0.3) is 0 Å². The molecule has 0 heterocycles. The van der Waals surface area contributed by atoms with Crippen molar-refractivity contribution in [2.75, 3.05) is 7.11 Å². The fourth-order valence-electron chi connectivity index (χ4n) is 5.80. The van der Waals surface area contributed by atoms with Gasteiger partial charge in [0.25, 0.3) is 0 Å². The first-order chi connectivity index (χ1) is 10.8. The zero-order chi connectivity index (χ0) is 16.5. The SMILES string of the molecule is CO[C@]1(O)C=C[C@@]2(C)C(=CC[C@H]3[C@@H]4C=C[C@H](O)[C@@]4(C)CC[C@@H]32)C1. The normalized spacial score (nSPS) is 54.2. The van der Waals surface area contributed by atoms with Crippen LogP contribution < -0.4 is 0 Å². The molecule has 0 bridgehead atoms. The van der Waals surface area contributed by atoms with Gasteiger partial charge in [0.05, 0.1) is 6.10 Å². The molecule has 0 aliphatic heterocycles. The molecule has 126 valence electrons. The Morgan fingerprint density at radius 2 is 2.00 bits per heavy atom. The van der Waals surface area contributed by atoms with E-state index in [0.717, 1.165) is 19.3 Å². The lowest BCUT2D eigenvalue weighted by Gasteiger charge is -2.56. The number of methoxy groups -OCH3 is 1. The highest BCUT2D eigenvalue weighted by Gasteiger charge is 2.57. The van der Waals surface area contributed by atoms with Crippen LogP contribution in [0, 0.1) is 28.6 Å². The molecule has 0 aromatic rings. The van der Waals surface area contributed by atoms with Crippen LogP contribution >= 0.6 is 0 Å². The Bertz CT molecular complexity index is 606. The fourth-order valence-corrected chi connectivity index (χ4v) is 5.80. The van der Waals surface area contributed by atoms with E-state index in [2.05, 4.69) is 32.1 Å². The Kier molecular flexibility index (Phi) is 3.27. The van der Waals surface area contributed by atoms with Crippen LogP contribution in [0.1, 0.15) is 39.5 Å². The number of hydrogen-bond acceptors (Lipinski definition) is 3. The third kappa shape index (κ3) is 2.00. The fraction of sp³-hybridized carbons (Fsp3) is 0.700. The molecule has 0 radical (unpaired) electrons. The van der Waals surface area contributed by atoms with Crippen molar-refractivity contribution in [3.8, 4) is 0 Å². The first-order valence-corrected chi connectivity index (χ1v) is 8.86. The number of rotatable bonds is 1. The van der Waals surface area contributed by atoms with Gasteiger partial charge in [0.1, 0.15) is 0 Å². The van der Waals surface area contributed by atoms with E-state index in [0.29, 0.717) is 24.2 Å². The van der Waals surface area contributed by atoms with Crippen LogP contribution in [-0.4, -0.2) is 29.2 Å². The van der Waals surface area contributed by atoms with Crippen LogP contribution in [0.3, 0.4) is 0 Å². The van der Waals surface area contributed by atoms with Crippen molar-refractivity contribution in [2.24, 2.45) is 28.6 Å². The molecule has 1 saturated carbocycles. The van der Waals surface area contributed by atoms with E-state index in [-0.39, 0.29) is 16.9 Å². The molecule has 0 saturated heterocycles. The number of hydrogen-bond donors (Lipinski definition) is 2. The maximum Gasteiger partial charge on any atom is 0.188 e. The second kappa shape index (κ2) is 4.81. The zero-order valence-corrected chi connectivity index (χ0v) is 14.3. The Balaban J connectivity index is 1.70. The summed E-state index contributed by atoms with van der Waals surface area (Å²) in [7, 11) is 1.57. The van der Waals surface area contributed by atoms with Crippen molar-refractivity contribution in [1.82, 2.24) is 0 Å². The van der Waals surface area contributed by atoms with Crippen molar-refractivity contribution in [1.29, 1.82) is 0 Å². The molecule has 23 heavy (non-hydrogen) atoms. The van der Waals surface area contributed by atoms with Crippen molar-refractivity contribution in [3.05, 3.63) is 36.0 Å². The summed E-state index contributed by atoms with van der Waals surface area (Å²) in [5.41, 5.74) is 1.34. The summed E-state index contributed by atoms with van der Waals surface area (Å²) < 4.78 is 5.29. The van der Waals surface area contributed by atoms with Gasteiger partial charge in [-0.1, -0.05) is 43.7 Å². The first-order valence-electron chi connectivity index (χ1n) is 8.86. The molecule has 0 aromatic heterocycles. The summed E-state index contributed by atoms with van der Waals surface area (Å²) >= 11 is 0. The van der Waals surface area contributed by atoms with E-state index in [1.807, 2.05) is 12.2 Å². The molecule has 4 rings (SSSR count). The summed E-state index contributed by atoms with van der Waals surface area (Å²) in [5, 5.41) is 20.9. The van der Waals surface area contributed by atoms with Gasteiger partial charge in [-0.3, -0.25) is 0 Å². The Morgan fingerprint density at radius 3 is 2.74 bits per heavy atom. The van der Waals surface area contributed by atoms with Crippen LogP contribution in [0.2, 0.25) is 0 Å². The van der Waals surface area contributed by atoms with Crippen LogP contribution in [0.5, 0.6) is 0 Å². The van der Waals surface area contributed by atoms with Crippen molar-refractivity contribution >= 4 is 0 Å². The van der Waals surface area contributed by atoms with Crippen LogP contribution in [-0.2, 0) is 4.74 Å². The van der Waals surface area contributed by atoms with Gasteiger partial charge in [0.15, 0.2) is 5.79 Å². The molecule has 3 nitrogen and oxygen atoms in total. The molecular formula is C20H28O3. The molecule has 0 unspecified atom stereocenters. The van der Waals surface area contributed by atoms with Gasteiger partial charge in [-0.2, -0.15) is 0 Å². The highest BCUT2D eigenvalue weighted by molar-refractivity contribution is 5.35. The standard InChI is InChI=1S/C20H28O3/c1-18-10-11-20(22,23-3)12-13(18)4-5-14-15-6-7-17(21)19(15,2)9-8-16(14)18/h4,6-7,10-11,14-17,21-22H,5,8-9,12H2,1-3H3/t14-,15-,16-,17-,18-,19-,20+/m0/s1. The average Bonchev–Trinajstić information content (AvgIpc) is 2.84. The van der Waals surface area contributed by atoms with Gasteiger partial charge in [-0.25, -0.2) is 0 Å². The minimum atomic E-state index is -1.15. The maximum atomic E-state index is 10.5. The number of aliphatic hydroxyl groups excluding tert-OH is 1. The molecule has 0 amide bonds. The monoisotopic (exact) mass is 316 g/mol. The second-order valence-corrected chi connectivity index (χ2v) is 8.48. The summed E-state index contributed by atoms with van der Waals surface area (Å²) in [5.74, 6) is 0.468. The lowest BCUT2D eigenvalue weighted by molar-refractivity contribution is -0.153. The van der Waals surface area contributed by atoms with E-state index in [1.165, 1.54) is 5.57 Å². The number of aliphatic hydroxyl groups is 2. The molecule has 1 fully saturated rings. The molecular weight excluding hydrogens is 288 g/mol. The number of allylic oxidation sites excluding steroid dienone is 3. The van der Waals surface area contributed by atoms with Gasteiger partial charge in [-0.05, 0) is 43.1 Å². The van der Waals surface area contributed by atoms with E-state index in [1.54, 1.807) is 7.11 Å². The molecule has 4 aliphatic rings. The second-order valence-electron chi connectivity index (χ2n) is 8.48. The topological polar surface area (TPSA) is 49.7 Å². The third-order valence-electron chi connectivity index (χ3n) is 7.50. The van der Waals surface area contributed by atoms with Crippen molar-refractivity contribution in [3.63, 3.8) is 0 Å². The van der Waals surface area contributed by atoms with Gasteiger partial charge in [-0.15, -0.1) is 0 Å². The van der Waals surface area contributed by atoms with E-state index in [4.69, 9.17) is 4.74 Å².